The highest BCUT2D eigenvalue weighted by molar-refractivity contribution is 7.09. The molecule has 6 heteroatoms. The molecule has 5 nitrogen and oxygen atoms in total. The number of aromatic nitrogens is 2. The fourth-order valence-electron chi connectivity index (χ4n) is 3.37. The molecule has 2 aliphatic heterocycles. The lowest BCUT2D eigenvalue weighted by Gasteiger charge is -2.30. The van der Waals surface area contributed by atoms with Crippen LogP contribution in [0.25, 0.3) is 0 Å². The third kappa shape index (κ3) is 2.52. The van der Waals surface area contributed by atoms with Crippen LogP contribution in [0.5, 0.6) is 5.88 Å². The Balaban J connectivity index is 1.50. The molecule has 0 aliphatic carbocycles. The first-order chi connectivity index (χ1) is 10.8. The van der Waals surface area contributed by atoms with Crippen molar-refractivity contribution >= 4 is 17.2 Å². The number of rotatable bonds is 4. The molecular formula is C16H19N3O2S. The summed E-state index contributed by atoms with van der Waals surface area (Å²) in [4.78, 5) is 19.9. The third-order valence-electron chi connectivity index (χ3n) is 4.46. The van der Waals surface area contributed by atoms with Crippen molar-refractivity contribution in [2.24, 2.45) is 0 Å². The molecule has 0 saturated carbocycles. The quantitative estimate of drug-likeness (QED) is 0.868. The zero-order chi connectivity index (χ0) is 14.9. The molecule has 0 radical (unpaired) electrons. The van der Waals surface area contributed by atoms with E-state index in [0.717, 1.165) is 31.7 Å². The maximum atomic E-state index is 12.2. The SMILES string of the molecule is O=c1nc(OCCc2cccs2)cc2n1CC1CCCCN21. The first-order valence-corrected chi connectivity index (χ1v) is 8.73. The van der Waals surface area contributed by atoms with Crippen LogP contribution in [0, 0.1) is 0 Å². The van der Waals surface area contributed by atoms with Gasteiger partial charge >= 0.3 is 5.69 Å². The van der Waals surface area contributed by atoms with Crippen LogP contribution < -0.4 is 15.3 Å². The minimum absolute atomic E-state index is 0.182. The molecule has 0 bridgehead atoms. The fourth-order valence-corrected chi connectivity index (χ4v) is 4.06. The van der Waals surface area contributed by atoms with E-state index in [2.05, 4.69) is 21.3 Å². The van der Waals surface area contributed by atoms with E-state index in [1.54, 1.807) is 15.9 Å². The highest BCUT2D eigenvalue weighted by Gasteiger charge is 2.32. The van der Waals surface area contributed by atoms with Crippen molar-refractivity contribution in [1.29, 1.82) is 0 Å². The number of hydrogen-bond donors (Lipinski definition) is 0. The van der Waals surface area contributed by atoms with Crippen molar-refractivity contribution in [3.05, 3.63) is 38.9 Å². The van der Waals surface area contributed by atoms with Crippen molar-refractivity contribution in [3.8, 4) is 5.88 Å². The van der Waals surface area contributed by atoms with Gasteiger partial charge in [-0.05, 0) is 30.7 Å². The molecule has 2 aromatic heterocycles. The van der Waals surface area contributed by atoms with Gasteiger partial charge in [0.1, 0.15) is 5.82 Å². The zero-order valence-corrected chi connectivity index (χ0v) is 13.2. The average Bonchev–Trinajstić information content (AvgIpc) is 3.15. The molecule has 116 valence electrons. The Morgan fingerprint density at radius 3 is 3.23 bits per heavy atom. The monoisotopic (exact) mass is 317 g/mol. The molecule has 1 saturated heterocycles. The summed E-state index contributed by atoms with van der Waals surface area (Å²) >= 11 is 1.72. The predicted molar refractivity (Wildman–Crippen MR) is 87.0 cm³/mol. The summed E-state index contributed by atoms with van der Waals surface area (Å²) in [5.74, 6) is 1.44. The number of piperidine rings is 1. The van der Waals surface area contributed by atoms with E-state index in [9.17, 15) is 4.79 Å². The van der Waals surface area contributed by atoms with E-state index in [1.165, 1.54) is 17.7 Å². The van der Waals surface area contributed by atoms with Gasteiger partial charge in [-0.2, -0.15) is 4.98 Å². The van der Waals surface area contributed by atoms with Gasteiger partial charge in [-0.1, -0.05) is 6.07 Å². The van der Waals surface area contributed by atoms with Crippen LogP contribution in [0.3, 0.4) is 0 Å². The zero-order valence-electron chi connectivity index (χ0n) is 12.4. The minimum Gasteiger partial charge on any atom is -0.477 e. The molecule has 2 aliphatic rings. The molecule has 4 heterocycles. The average molecular weight is 317 g/mol. The Labute approximate surface area is 133 Å². The molecule has 0 spiro atoms. The third-order valence-corrected chi connectivity index (χ3v) is 5.40. The van der Waals surface area contributed by atoms with Crippen LogP contribution in [-0.2, 0) is 13.0 Å². The summed E-state index contributed by atoms with van der Waals surface area (Å²) in [6, 6.07) is 6.53. The van der Waals surface area contributed by atoms with Gasteiger partial charge in [-0.3, -0.25) is 4.57 Å². The van der Waals surface area contributed by atoms with Crippen molar-refractivity contribution in [2.75, 3.05) is 18.1 Å². The van der Waals surface area contributed by atoms with Gasteiger partial charge < -0.3 is 9.64 Å². The van der Waals surface area contributed by atoms with Crippen LogP contribution >= 0.6 is 11.3 Å². The summed E-state index contributed by atoms with van der Waals surface area (Å²) in [6.07, 6.45) is 4.46. The molecule has 2 aromatic rings. The van der Waals surface area contributed by atoms with Gasteiger partial charge in [0.15, 0.2) is 0 Å². The highest BCUT2D eigenvalue weighted by atomic mass is 32.1. The van der Waals surface area contributed by atoms with Crippen LogP contribution in [0.2, 0.25) is 0 Å². The Morgan fingerprint density at radius 1 is 1.41 bits per heavy atom. The Kier molecular flexibility index (Phi) is 3.62. The van der Waals surface area contributed by atoms with Gasteiger partial charge in [0.2, 0.25) is 5.88 Å². The van der Waals surface area contributed by atoms with Gasteiger partial charge in [0.05, 0.1) is 6.61 Å². The van der Waals surface area contributed by atoms with Crippen LogP contribution in [-0.4, -0.2) is 28.7 Å². The maximum absolute atomic E-state index is 12.2. The largest absolute Gasteiger partial charge is 0.477 e. The van der Waals surface area contributed by atoms with Gasteiger partial charge in [-0.25, -0.2) is 4.79 Å². The second kappa shape index (κ2) is 5.76. The van der Waals surface area contributed by atoms with Crippen LogP contribution in [0.15, 0.2) is 28.4 Å². The van der Waals surface area contributed by atoms with Crippen molar-refractivity contribution < 1.29 is 4.74 Å². The summed E-state index contributed by atoms with van der Waals surface area (Å²) in [6.45, 7) is 2.36. The first kappa shape index (κ1) is 13.8. The van der Waals surface area contributed by atoms with E-state index >= 15 is 0 Å². The van der Waals surface area contributed by atoms with Gasteiger partial charge in [-0.15, -0.1) is 11.3 Å². The predicted octanol–water partition coefficient (Wildman–Crippen LogP) is 2.30. The van der Waals surface area contributed by atoms with E-state index < -0.39 is 0 Å². The molecule has 22 heavy (non-hydrogen) atoms. The molecule has 1 fully saturated rings. The van der Waals surface area contributed by atoms with E-state index in [4.69, 9.17) is 4.74 Å². The fraction of sp³-hybridized carbons (Fsp3) is 0.500. The summed E-state index contributed by atoms with van der Waals surface area (Å²) < 4.78 is 7.51. The Hall–Kier alpha value is -1.82. The highest BCUT2D eigenvalue weighted by Crippen LogP contribution is 2.32. The summed E-state index contributed by atoms with van der Waals surface area (Å²) in [5.41, 5.74) is -0.182. The van der Waals surface area contributed by atoms with E-state index in [1.807, 2.05) is 12.1 Å². The van der Waals surface area contributed by atoms with Crippen molar-refractivity contribution in [1.82, 2.24) is 9.55 Å². The number of nitrogens with zero attached hydrogens (tertiary/aromatic N) is 3. The lowest BCUT2D eigenvalue weighted by Crippen LogP contribution is -2.36. The summed E-state index contributed by atoms with van der Waals surface area (Å²) in [5, 5.41) is 2.06. The molecular weight excluding hydrogens is 298 g/mol. The lowest BCUT2D eigenvalue weighted by atomic mass is 10.0. The van der Waals surface area contributed by atoms with E-state index in [0.29, 0.717) is 18.5 Å². The standard InChI is InChI=1S/C16H19N3O2S/c20-16-17-14(21-8-6-13-5-3-9-22-13)10-15-18-7-2-1-4-12(18)11-19(15)16/h3,5,9-10,12H,1-2,4,6-8,11H2. The molecule has 0 N–H and O–H groups in total. The number of thiophene rings is 1. The second-order valence-corrected chi connectivity index (χ2v) is 6.90. The van der Waals surface area contributed by atoms with Crippen molar-refractivity contribution in [2.45, 2.75) is 38.3 Å². The molecule has 1 unspecified atom stereocenters. The first-order valence-electron chi connectivity index (χ1n) is 7.85. The Bertz CT molecular complexity index is 711. The van der Waals surface area contributed by atoms with E-state index in [-0.39, 0.29) is 5.69 Å². The molecule has 0 amide bonds. The maximum Gasteiger partial charge on any atom is 0.352 e. The van der Waals surface area contributed by atoms with Gasteiger partial charge in [0.25, 0.3) is 0 Å². The summed E-state index contributed by atoms with van der Waals surface area (Å²) in [7, 11) is 0. The normalized spacial score (nSPS) is 19.8. The smallest absolute Gasteiger partial charge is 0.352 e. The number of ether oxygens (including phenoxy) is 1. The van der Waals surface area contributed by atoms with Crippen LogP contribution in [0.1, 0.15) is 24.1 Å². The van der Waals surface area contributed by atoms with Crippen molar-refractivity contribution in [3.63, 3.8) is 0 Å². The minimum atomic E-state index is -0.182. The topological polar surface area (TPSA) is 47.4 Å². The second-order valence-electron chi connectivity index (χ2n) is 5.87. The molecule has 4 rings (SSSR count). The number of anilines is 1. The lowest BCUT2D eigenvalue weighted by molar-refractivity contribution is 0.308. The number of fused-ring (bicyclic) bond motifs is 3. The van der Waals surface area contributed by atoms with Gasteiger partial charge in [0, 0.05) is 36.5 Å². The van der Waals surface area contributed by atoms with Crippen LogP contribution in [0.4, 0.5) is 5.82 Å². The molecule has 0 aromatic carbocycles. The Morgan fingerprint density at radius 2 is 2.36 bits per heavy atom. The molecule has 1 atom stereocenters. The number of hydrogen-bond acceptors (Lipinski definition) is 5.